The van der Waals surface area contributed by atoms with Crippen molar-refractivity contribution in [3.05, 3.63) is 33.9 Å². The maximum atomic E-state index is 11.5. The molecule has 0 saturated heterocycles. The highest BCUT2D eigenvalue weighted by atomic mass is 16.6. The molecule has 0 fully saturated rings. The van der Waals surface area contributed by atoms with Gasteiger partial charge in [0.1, 0.15) is 0 Å². The molecule has 19 heavy (non-hydrogen) atoms. The second kappa shape index (κ2) is 6.72. The van der Waals surface area contributed by atoms with Crippen LogP contribution < -0.4 is 10.6 Å². The lowest BCUT2D eigenvalue weighted by Crippen LogP contribution is -2.32. The van der Waals surface area contributed by atoms with E-state index in [1.54, 1.807) is 13.0 Å². The molecule has 1 amide bonds. The fourth-order valence-electron chi connectivity index (χ4n) is 1.52. The van der Waals surface area contributed by atoms with E-state index in [2.05, 4.69) is 10.6 Å². The third-order valence-corrected chi connectivity index (χ3v) is 2.57. The van der Waals surface area contributed by atoms with Gasteiger partial charge >= 0.3 is 0 Å². The van der Waals surface area contributed by atoms with Crippen molar-refractivity contribution in [2.24, 2.45) is 5.92 Å². The van der Waals surface area contributed by atoms with Crippen LogP contribution in [0.15, 0.2) is 18.2 Å². The fourth-order valence-corrected chi connectivity index (χ4v) is 1.52. The van der Waals surface area contributed by atoms with Crippen LogP contribution in [0.4, 0.5) is 11.4 Å². The largest absolute Gasteiger partial charge is 0.376 e. The summed E-state index contributed by atoms with van der Waals surface area (Å²) in [6.07, 6.45) is 0. The Hall–Kier alpha value is -2.11. The zero-order chi connectivity index (χ0) is 14.4. The van der Waals surface area contributed by atoms with Crippen molar-refractivity contribution in [2.75, 3.05) is 18.4 Å². The van der Waals surface area contributed by atoms with Crippen molar-refractivity contribution < 1.29 is 9.72 Å². The first-order chi connectivity index (χ1) is 8.90. The van der Waals surface area contributed by atoms with Crippen LogP contribution in [0, 0.1) is 23.0 Å². The van der Waals surface area contributed by atoms with Crippen LogP contribution in [-0.4, -0.2) is 23.9 Å². The van der Waals surface area contributed by atoms with E-state index >= 15 is 0 Å². The van der Waals surface area contributed by atoms with Crippen LogP contribution in [0.1, 0.15) is 19.4 Å². The van der Waals surface area contributed by atoms with E-state index < -0.39 is 4.92 Å². The summed E-state index contributed by atoms with van der Waals surface area (Å²) in [6, 6.07) is 4.51. The lowest BCUT2D eigenvalue weighted by atomic mass is 10.2. The van der Waals surface area contributed by atoms with Crippen LogP contribution in [0.5, 0.6) is 0 Å². The number of carbonyl (C=O) groups excluding carboxylic acids is 1. The van der Waals surface area contributed by atoms with E-state index in [1.807, 2.05) is 13.8 Å². The summed E-state index contributed by atoms with van der Waals surface area (Å²) in [6.45, 7) is 6.61. The quantitative estimate of drug-likeness (QED) is 0.609. The van der Waals surface area contributed by atoms with Gasteiger partial charge in [0.05, 0.1) is 11.5 Å². The van der Waals surface area contributed by atoms with Crippen LogP contribution in [0.3, 0.4) is 0 Å². The molecule has 0 saturated carbocycles. The summed E-state index contributed by atoms with van der Waals surface area (Å²) in [5, 5.41) is 16.4. The average molecular weight is 265 g/mol. The van der Waals surface area contributed by atoms with Gasteiger partial charge in [0, 0.05) is 24.4 Å². The smallest absolute Gasteiger partial charge is 0.269 e. The van der Waals surface area contributed by atoms with Crippen LogP contribution in [0.2, 0.25) is 0 Å². The number of rotatable bonds is 6. The first-order valence-electron chi connectivity index (χ1n) is 6.15. The van der Waals surface area contributed by atoms with Gasteiger partial charge in [-0.2, -0.15) is 0 Å². The maximum absolute atomic E-state index is 11.5. The van der Waals surface area contributed by atoms with Crippen molar-refractivity contribution in [2.45, 2.75) is 20.8 Å². The molecule has 2 N–H and O–H groups in total. The van der Waals surface area contributed by atoms with Crippen LogP contribution >= 0.6 is 0 Å². The number of amides is 1. The number of anilines is 1. The number of hydrogen-bond acceptors (Lipinski definition) is 4. The lowest BCUT2D eigenvalue weighted by Gasteiger charge is -2.11. The predicted molar refractivity (Wildman–Crippen MR) is 74.2 cm³/mol. The minimum absolute atomic E-state index is 0.0484. The summed E-state index contributed by atoms with van der Waals surface area (Å²) < 4.78 is 0. The van der Waals surface area contributed by atoms with Gasteiger partial charge in [0.15, 0.2) is 0 Å². The number of carbonyl (C=O) groups is 1. The molecule has 0 heterocycles. The molecule has 0 atom stereocenters. The van der Waals surface area contributed by atoms with E-state index in [0.29, 0.717) is 12.5 Å². The van der Waals surface area contributed by atoms with Crippen molar-refractivity contribution >= 4 is 17.3 Å². The topological polar surface area (TPSA) is 84.3 Å². The Kier molecular flexibility index (Phi) is 5.29. The molecule has 1 rings (SSSR count). The Morgan fingerprint density at radius 3 is 2.63 bits per heavy atom. The third kappa shape index (κ3) is 4.95. The molecule has 0 bridgehead atoms. The minimum Gasteiger partial charge on any atom is -0.376 e. The molecular formula is C13H19N3O3. The minimum atomic E-state index is -0.438. The monoisotopic (exact) mass is 265 g/mol. The Morgan fingerprint density at radius 1 is 1.42 bits per heavy atom. The van der Waals surface area contributed by atoms with Gasteiger partial charge in [0.25, 0.3) is 5.69 Å². The van der Waals surface area contributed by atoms with Crippen molar-refractivity contribution in [1.82, 2.24) is 5.32 Å². The molecule has 0 radical (unpaired) electrons. The van der Waals surface area contributed by atoms with Gasteiger partial charge in [-0.05, 0) is 24.5 Å². The van der Waals surface area contributed by atoms with E-state index in [-0.39, 0.29) is 18.1 Å². The second-order valence-corrected chi connectivity index (χ2v) is 4.81. The molecule has 0 aliphatic carbocycles. The number of nitro benzene ring substituents is 1. The van der Waals surface area contributed by atoms with Gasteiger partial charge in [-0.25, -0.2) is 0 Å². The van der Waals surface area contributed by atoms with E-state index in [9.17, 15) is 14.9 Å². The molecule has 0 aliphatic heterocycles. The molecule has 6 nitrogen and oxygen atoms in total. The molecule has 6 heteroatoms. The molecule has 104 valence electrons. The number of hydrogen-bond donors (Lipinski definition) is 2. The van der Waals surface area contributed by atoms with Crippen molar-refractivity contribution in [3.63, 3.8) is 0 Å². The van der Waals surface area contributed by atoms with Gasteiger partial charge in [-0.15, -0.1) is 0 Å². The lowest BCUT2D eigenvalue weighted by molar-refractivity contribution is -0.384. The zero-order valence-corrected chi connectivity index (χ0v) is 11.4. The molecule has 1 aromatic rings. The SMILES string of the molecule is Cc1cc([N+](=O)[O-])ccc1NCC(=O)NCC(C)C. The summed E-state index contributed by atoms with van der Waals surface area (Å²) in [4.78, 5) is 21.7. The number of nitrogens with zero attached hydrogens (tertiary/aromatic N) is 1. The van der Waals surface area contributed by atoms with Gasteiger partial charge in [-0.3, -0.25) is 14.9 Å². The highest BCUT2D eigenvalue weighted by Crippen LogP contribution is 2.20. The molecule has 0 spiro atoms. The number of nitro groups is 1. The third-order valence-electron chi connectivity index (χ3n) is 2.57. The van der Waals surface area contributed by atoms with E-state index in [0.717, 1.165) is 11.3 Å². The van der Waals surface area contributed by atoms with Crippen molar-refractivity contribution in [3.8, 4) is 0 Å². The Bertz CT molecular complexity index is 472. The highest BCUT2D eigenvalue weighted by molar-refractivity contribution is 5.81. The Morgan fingerprint density at radius 2 is 2.11 bits per heavy atom. The van der Waals surface area contributed by atoms with Gasteiger partial charge < -0.3 is 10.6 Å². The first-order valence-corrected chi connectivity index (χ1v) is 6.15. The van der Waals surface area contributed by atoms with E-state index in [1.165, 1.54) is 12.1 Å². The second-order valence-electron chi connectivity index (χ2n) is 4.81. The van der Waals surface area contributed by atoms with Gasteiger partial charge in [0.2, 0.25) is 5.91 Å². The molecular weight excluding hydrogens is 246 g/mol. The molecule has 0 aromatic heterocycles. The normalized spacial score (nSPS) is 10.3. The highest BCUT2D eigenvalue weighted by Gasteiger charge is 2.09. The molecule has 0 aliphatic rings. The standard InChI is InChI=1S/C13H19N3O3/c1-9(2)7-15-13(17)8-14-12-5-4-11(16(18)19)6-10(12)3/h4-6,9,14H,7-8H2,1-3H3,(H,15,17). The fraction of sp³-hybridized carbons (Fsp3) is 0.462. The number of non-ortho nitro benzene ring substituents is 1. The number of nitrogens with one attached hydrogen (secondary N) is 2. The summed E-state index contributed by atoms with van der Waals surface area (Å²) >= 11 is 0. The predicted octanol–water partition coefficient (Wildman–Crippen LogP) is 2.09. The number of aryl methyl sites for hydroxylation is 1. The van der Waals surface area contributed by atoms with Gasteiger partial charge in [-0.1, -0.05) is 13.8 Å². The Labute approximate surface area is 112 Å². The zero-order valence-electron chi connectivity index (χ0n) is 11.4. The summed E-state index contributed by atoms with van der Waals surface area (Å²) in [5.41, 5.74) is 1.52. The van der Waals surface area contributed by atoms with Crippen molar-refractivity contribution in [1.29, 1.82) is 0 Å². The van der Waals surface area contributed by atoms with Crippen LogP contribution in [-0.2, 0) is 4.79 Å². The Balaban J connectivity index is 2.54. The van der Waals surface area contributed by atoms with E-state index in [4.69, 9.17) is 0 Å². The molecule has 0 unspecified atom stereocenters. The summed E-state index contributed by atoms with van der Waals surface area (Å²) in [5.74, 6) is 0.316. The average Bonchev–Trinajstić information content (AvgIpc) is 2.34. The molecule has 1 aromatic carbocycles. The van der Waals surface area contributed by atoms with Crippen LogP contribution in [0.25, 0.3) is 0 Å². The first kappa shape index (κ1) is 14.9. The summed E-state index contributed by atoms with van der Waals surface area (Å²) in [7, 11) is 0. The number of benzene rings is 1. The maximum Gasteiger partial charge on any atom is 0.269 e.